The first-order valence-electron chi connectivity index (χ1n) is 9.10. The zero-order valence-corrected chi connectivity index (χ0v) is 15.5. The van der Waals surface area contributed by atoms with E-state index in [-0.39, 0.29) is 12.4 Å². The summed E-state index contributed by atoms with van der Waals surface area (Å²) in [6, 6.07) is 8.35. The van der Waals surface area contributed by atoms with Gasteiger partial charge in [0.2, 0.25) is 0 Å². The van der Waals surface area contributed by atoms with Crippen LogP contribution in [0.3, 0.4) is 0 Å². The Morgan fingerprint density at radius 3 is 2.33 bits per heavy atom. The minimum Gasteiger partial charge on any atom is -0.494 e. The fourth-order valence-corrected chi connectivity index (χ4v) is 3.94. The molecule has 0 bridgehead atoms. The maximum Gasteiger partial charge on any atom is 0.119 e. The summed E-state index contributed by atoms with van der Waals surface area (Å²) in [5.41, 5.74) is 6.28. The molecule has 2 N–H and O–H groups in total. The van der Waals surface area contributed by atoms with Crippen LogP contribution in [0.15, 0.2) is 24.3 Å². The van der Waals surface area contributed by atoms with Gasteiger partial charge in [-0.3, -0.25) is 4.90 Å². The molecule has 0 amide bonds. The Hall–Kier alpha value is -0.970. The molecule has 24 heavy (non-hydrogen) atoms. The van der Waals surface area contributed by atoms with Crippen molar-refractivity contribution in [3.05, 3.63) is 24.3 Å². The van der Waals surface area contributed by atoms with Crippen LogP contribution in [-0.4, -0.2) is 43.8 Å². The largest absolute Gasteiger partial charge is 0.494 e. The minimum absolute atomic E-state index is 0. The van der Waals surface area contributed by atoms with Gasteiger partial charge in [0.1, 0.15) is 18.1 Å². The van der Waals surface area contributed by atoms with E-state index >= 15 is 0 Å². The highest BCUT2D eigenvalue weighted by Crippen LogP contribution is 2.35. The zero-order valence-electron chi connectivity index (χ0n) is 14.7. The van der Waals surface area contributed by atoms with Crippen molar-refractivity contribution in [1.29, 1.82) is 0 Å². The highest BCUT2D eigenvalue weighted by Gasteiger charge is 2.38. The van der Waals surface area contributed by atoms with E-state index in [2.05, 4.69) is 11.8 Å². The van der Waals surface area contributed by atoms with E-state index in [0.29, 0.717) is 12.0 Å². The highest BCUT2D eigenvalue weighted by molar-refractivity contribution is 5.85. The van der Waals surface area contributed by atoms with E-state index in [0.717, 1.165) is 50.1 Å². The Balaban J connectivity index is 0.00000208. The molecule has 136 valence electrons. The van der Waals surface area contributed by atoms with Crippen LogP contribution in [0, 0.1) is 11.8 Å². The number of benzene rings is 1. The van der Waals surface area contributed by atoms with Gasteiger partial charge in [-0.2, -0.15) is 0 Å². The molecule has 0 spiro atoms. The Kier molecular flexibility index (Phi) is 7.66. The second-order valence-corrected chi connectivity index (χ2v) is 6.95. The molecule has 1 saturated heterocycles. The Bertz CT molecular complexity index is 483. The smallest absolute Gasteiger partial charge is 0.119 e. The van der Waals surface area contributed by atoms with E-state index in [1.807, 2.05) is 24.3 Å². The topological polar surface area (TPSA) is 47.7 Å². The summed E-state index contributed by atoms with van der Waals surface area (Å²) in [7, 11) is 0. The summed E-state index contributed by atoms with van der Waals surface area (Å²) in [5.74, 6) is 3.35. The number of hydrogen-bond acceptors (Lipinski definition) is 4. The number of nitrogens with zero attached hydrogens (tertiary/aromatic N) is 1. The van der Waals surface area contributed by atoms with Crippen LogP contribution < -0.4 is 15.2 Å². The lowest BCUT2D eigenvalue weighted by atomic mass is 9.78. The van der Waals surface area contributed by atoms with Crippen LogP contribution >= 0.6 is 12.4 Å². The lowest BCUT2D eigenvalue weighted by Gasteiger charge is -2.29. The molecule has 1 aliphatic heterocycles. The van der Waals surface area contributed by atoms with E-state index in [4.69, 9.17) is 15.2 Å². The zero-order chi connectivity index (χ0) is 16.1. The van der Waals surface area contributed by atoms with E-state index in [1.54, 1.807) is 0 Å². The van der Waals surface area contributed by atoms with Crippen molar-refractivity contribution in [3.63, 3.8) is 0 Å². The Labute approximate surface area is 152 Å². The Morgan fingerprint density at radius 1 is 1.04 bits per heavy atom. The monoisotopic (exact) mass is 354 g/mol. The van der Waals surface area contributed by atoms with Gasteiger partial charge in [0.05, 0.1) is 6.61 Å². The second-order valence-electron chi connectivity index (χ2n) is 6.95. The molecule has 1 aliphatic carbocycles. The molecule has 1 aromatic rings. The molecule has 5 heteroatoms. The maximum absolute atomic E-state index is 6.28. The molecular formula is C19H31ClN2O2. The summed E-state index contributed by atoms with van der Waals surface area (Å²) in [5, 5.41) is 0. The molecule has 1 aromatic carbocycles. The first kappa shape index (κ1) is 19.4. The molecule has 4 nitrogen and oxygen atoms in total. The molecular weight excluding hydrogens is 324 g/mol. The van der Waals surface area contributed by atoms with Crippen molar-refractivity contribution < 1.29 is 9.47 Å². The molecule has 3 rings (SSSR count). The van der Waals surface area contributed by atoms with Gasteiger partial charge in [-0.25, -0.2) is 0 Å². The van der Waals surface area contributed by atoms with Crippen LogP contribution in [0.1, 0.15) is 32.6 Å². The number of likely N-dealkylation sites (tertiary alicyclic amines) is 1. The summed E-state index contributed by atoms with van der Waals surface area (Å²) >= 11 is 0. The van der Waals surface area contributed by atoms with Gasteiger partial charge in [-0.15, -0.1) is 12.4 Å². The standard InChI is InChI=1S/C19H30N2O2.ClH/c1-2-11-22-16-6-8-17(9-7-16)23-12-10-21-13-15-4-3-5-19(20)18(15)14-21;/h6-9,15,18-19H,2-5,10-14,20H2,1H3;1H. The van der Waals surface area contributed by atoms with Gasteiger partial charge in [0, 0.05) is 25.7 Å². The number of rotatable bonds is 7. The van der Waals surface area contributed by atoms with Crippen molar-refractivity contribution in [2.75, 3.05) is 32.8 Å². The van der Waals surface area contributed by atoms with Crippen molar-refractivity contribution in [2.45, 2.75) is 38.6 Å². The summed E-state index contributed by atoms with van der Waals surface area (Å²) in [4.78, 5) is 2.53. The van der Waals surface area contributed by atoms with Gasteiger partial charge in [-0.1, -0.05) is 13.3 Å². The summed E-state index contributed by atoms with van der Waals surface area (Å²) < 4.78 is 11.5. The van der Waals surface area contributed by atoms with Gasteiger partial charge in [-0.05, 0) is 55.4 Å². The molecule has 2 aliphatic rings. The number of fused-ring (bicyclic) bond motifs is 1. The van der Waals surface area contributed by atoms with Crippen molar-refractivity contribution in [3.8, 4) is 11.5 Å². The number of halogens is 1. The van der Waals surface area contributed by atoms with Crippen LogP contribution in [0.2, 0.25) is 0 Å². The predicted molar refractivity (Wildman–Crippen MR) is 100 cm³/mol. The molecule has 2 fully saturated rings. The van der Waals surface area contributed by atoms with E-state index < -0.39 is 0 Å². The number of hydrogen-bond donors (Lipinski definition) is 1. The highest BCUT2D eigenvalue weighted by atomic mass is 35.5. The van der Waals surface area contributed by atoms with E-state index in [9.17, 15) is 0 Å². The number of nitrogens with two attached hydrogens (primary N) is 1. The third-order valence-electron chi connectivity index (χ3n) is 5.20. The molecule has 0 aromatic heterocycles. The normalized spacial score (nSPS) is 26.5. The minimum atomic E-state index is 0. The Morgan fingerprint density at radius 2 is 1.71 bits per heavy atom. The first-order chi connectivity index (χ1) is 11.3. The molecule has 1 heterocycles. The summed E-state index contributed by atoms with van der Waals surface area (Å²) in [6.07, 6.45) is 4.89. The van der Waals surface area contributed by atoms with Gasteiger partial charge in [0.15, 0.2) is 0 Å². The maximum atomic E-state index is 6.28. The average molecular weight is 355 g/mol. The molecule has 3 unspecified atom stereocenters. The second kappa shape index (κ2) is 9.50. The predicted octanol–water partition coefficient (Wildman–Crippen LogP) is 3.34. The third kappa shape index (κ3) is 5.01. The lowest BCUT2D eigenvalue weighted by molar-refractivity contribution is 0.229. The van der Waals surface area contributed by atoms with Crippen LogP contribution in [0.4, 0.5) is 0 Å². The van der Waals surface area contributed by atoms with Crippen LogP contribution in [0.5, 0.6) is 11.5 Å². The fraction of sp³-hybridized carbons (Fsp3) is 0.684. The number of ether oxygens (including phenoxy) is 2. The molecule has 3 atom stereocenters. The van der Waals surface area contributed by atoms with Crippen LogP contribution in [0.25, 0.3) is 0 Å². The third-order valence-corrected chi connectivity index (χ3v) is 5.20. The van der Waals surface area contributed by atoms with Crippen molar-refractivity contribution in [2.24, 2.45) is 17.6 Å². The van der Waals surface area contributed by atoms with Gasteiger partial charge in [0.25, 0.3) is 0 Å². The fourth-order valence-electron chi connectivity index (χ4n) is 3.94. The molecule has 0 radical (unpaired) electrons. The lowest BCUT2D eigenvalue weighted by Crippen LogP contribution is -2.38. The van der Waals surface area contributed by atoms with Crippen molar-refractivity contribution >= 4 is 12.4 Å². The van der Waals surface area contributed by atoms with E-state index in [1.165, 1.54) is 25.8 Å². The SMILES string of the molecule is CCCOc1ccc(OCCN2CC3CCCC(N)C3C2)cc1.Cl. The first-order valence-corrected chi connectivity index (χ1v) is 9.10. The van der Waals surface area contributed by atoms with Gasteiger partial charge >= 0.3 is 0 Å². The molecule has 1 saturated carbocycles. The summed E-state index contributed by atoms with van der Waals surface area (Å²) in [6.45, 7) is 6.96. The average Bonchev–Trinajstić information content (AvgIpc) is 2.98. The van der Waals surface area contributed by atoms with Crippen LogP contribution in [-0.2, 0) is 0 Å². The quantitative estimate of drug-likeness (QED) is 0.815. The van der Waals surface area contributed by atoms with Gasteiger partial charge < -0.3 is 15.2 Å². The van der Waals surface area contributed by atoms with Crippen molar-refractivity contribution in [1.82, 2.24) is 4.90 Å².